The molecule has 136 valence electrons. The molecular weight excluding hydrogens is 321 g/mol. The van der Waals surface area contributed by atoms with Crippen molar-refractivity contribution in [3.63, 3.8) is 0 Å². The van der Waals surface area contributed by atoms with Crippen LogP contribution in [0.4, 0.5) is 9.18 Å². The molecule has 1 saturated heterocycles. The van der Waals surface area contributed by atoms with Gasteiger partial charge in [-0.25, -0.2) is 9.18 Å². The third kappa shape index (κ3) is 4.72. The average Bonchev–Trinajstić information content (AvgIpc) is 2.73. The monoisotopic (exact) mass is 347 g/mol. The Morgan fingerprint density at radius 2 is 2.00 bits per heavy atom. The van der Waals surface area contributed by atoms with E-state index in [9.17, 15) is 9.18 Å². The summed E-state index contributed by atoms with van der Waals surface area (Å²) < 4.78 is 18.8. The van der Waals surface area contributed by atoms with Crippen LogP contribution >= 0.6 is 0 Å². The van der Waals surface area contributed by atoms with E-state index in [0.717, 1.165) is 42.7 Å². The number of aromatic amines is 1. The number of rotatable bonds is 2. The molecule has 1 aliphatic rings. The second-order valence-electron chi connectivity index (χ2n) is 7.62. The van der Waals surface area contributed by atoms with Crippen LogP contribution in [0, 0.1) is 5.82 Å². The topological polar surface area (TPSA) is 48.6 Å². The molecule has 1 N–H and O–H groups in total. The zero-order chi connectivity index (χ0) is 18.0. The van der Waals surface area contributed by atoms with Gasteiger partial charge in [-0.2, -0.15) is 0 Å². The van der Waals surface area contributed by atoms with Crippen molar-refractivity contribution in [2.24, 2.45) is 0 Å². The Balaban J connectivity index is 1.60. The zero-order valence-corrected chi connectivity index (χ0v) is 15.1. The van der Waals surface area contributed by atoms with E-state index in [-0.39, 0.29) is 11.9 Å². The van der Waals surface area contributed by atoms with E-state index >= 15 is 0 Å². The zero-order valence-electron chi connectivity index (χ0n) is 15.1. The first kappa shape index (κ1) is 17.7. The van der Waals surface area contributed by atoms with Gasteiger partial charge in [0.25, 0.3) is 0 Å². The van der Waals surface area contributed by atoms with Gasteiger partial charge in [0, 0.05) is 49.3 Å². The quantitative estimate of drug-likeness (QED) is 0.900. The summed E-state index contributed by atoms with van der Waals surface area (Å²) in [5.74, 6) is -0.221. The third-order valence-corrected chi connectivity index (χ3v) is 4.27. The molecule has 5 nitrogen and oxygen atoms in total. The highest BCUT2D eigenvalue weighted by Crippen LogP contribution is 2.19. The van der Waals surface area contributed by atoms with Crippen molar-refractivity contribution >= 4 is 17.0 Å². The van der Waals surface area contributed by atoms with Crippen LogP contribution in [0.1, 0.15) is 32.9 Å². The molecule has 0 bridgehead atoms. The Hall–Kier alpha value is -2.08. The van der Waals surface area contributed by atoms with Gasteiger partial charge < -0.3 is 14.6 Å². The van der Waals surface area contributed by atoms with Crippen LogP contribution in [0.15, 0.2) is 24.3 Å². The van der Waals surface area contributed by atoms with Crippen molar-refractivity contribution in [2.45, 2.75) is 39.3 Å². The molecule has 0 saturated carbocycles. The summed E-state index contributed by atoms with van der Waals surface area (Å²) in [5.41, 5.74) is 1.54. The molecular formula is C19H26FN3O2. The Labute approximate surface area is 147 Å². The molecule has 2 heterocycles. The summed E-state index contributed by atoms with van der Waals surface area (Å²) in [4.78, 5) is 19.7. The number of benzene rings is 1. The number of carbonyl (C=O) groups is 1. The Morgan fingerprint density at radius 1 is 1.20 bits per heavy atom. The Bertz CT molecular complexity index is 751. The number of H-pyrrole nitrogens is 1. The summed E-state index contributed by atoms with van der Waals surface area (Å²) in [6.07, 6.45) is 0.670. The fourth-order valence-electron chi connectivity index (χ4n) is 3.13. The number of fused-ring (bicyclic) bond motifs is 1. The summed E-state index contributed by atoms with van der Waals surface area (Å²) in [6.45, 7) is 9.49. The van der Waals surface area contributed by atoms with Gasteiger partial charge in [0.15, 0.2) is 0 Å². The minimum absolute atomic E-state index is 0.221. The number of nitrogens with one attached hydrogen (secondary N) is 1. The summed E-state index contributed by atoms with van der Waals surface area (Å²) in [7, 11) is 0. The third-order valence-electron chi connectivity index (χ3n) is 4.27. The number of halogens is 1. The largest absolute Gasteiger partial charge is 0.444 e. The van der Waals surface area contributed by atoms with E-state index < -0.39 is 5.60 Å². The van der Waals surface area contributed by atoms with Crippen LogP contribution in [-0.2, 0) is 11.3 Å². The molecule has 1 aromatic heterocycles. The number of hydrogen-bond acceptors (Lipinski definition) is 3. The number of ether oxygens (including phenoxy) is 1. The smallest absolute Gasteiger partial charge is 0.410 e. The number of hydrogen-bond donors (Lipinski definition) is 1. The minimum atomic E-state index is -0.470. The first-order valence-electron chi connectivity index (χ1n) is 8.78. The highest BCUT2D eigenvalue weighted by atomic mass is 19.1. The summed E-state index contributed by atoms with van der Waals surface area (Å²) in [6, 6.07) is 6.77. The number of amides is 1. The van der Waals surface area contributed by atoms with Gasteiger partial charge in [0.2, 0.25) is 0 Å². The van der Waals surface area contributed by atoms with Crippen LogP contribution in [-0.4, -0.2) is 52.7 Å². The fourth-order valence-corrected chi connectivity index (χ4v) is 3.13. The Kier molecular flexibility index (Phi) is 4.99. The molecule has 3 rings (SSSR count). The van der Waals surface area contributed by atoms with Gasteiger partial charge in [-0.05, 0) is 51.5 Å². The van der Waals surface area contributed by atoms with Crippen molar-refractivity contribution in [1.82, 2.24) is 14.8 Å². The first-order valence-corrected chi connectivity index (χ1v) is 8.78. The molecule has 1 amide bonds. The van der Waals surface area contributed by atoms with Crippen LogP contribution in [0.5, 0.6) is 0 Å². The van der Waals surface area contributed by atoms with Crippen LogP contribution < -0.4 is 0 Å². The van der Waals surface area contributed by atoms with Gasteiger partial charge in [-0.1, -0.05) is 0 Å². The lowest BCUT2D eigenvalue weighted by Crippen LogP contribution is -2.39. The van der Waals surface area contributed by atoms with Crippen molar-refractivity contribution < 1.29 is 13.9 Å². The van der Waals surface area contributed by atoms with Crippen molar-refractivity contribution in [3.05, 3.63) is 35.8 Å². The lowest BCUT2D eigenvalue weighted by Gasteiger charge is -2.26. The fraction of sp³-hybridized carbons (Fsp3) is 0.526. The summed E-state index contributed by atoms with van der Waals surface area (Å²) in [5, 5.41) is 0.889. The van der Waals surface area contributed by atoms with Crippen molar-refractivity contribution in [1.29, 1.82) is 0 Å². The van der Waals surface area contributed by atoms with Crippen molar-refractivity contribution in [3.8, 4) is 0 Å². The maximum Gasteiger partial charge on any atom is 0.410 e. The standard InChI is InChI=1S/C19H26FN3O2/c1-19(2,3)25-18(24)23-8-4-7-22(9-10-23)13-16-12-14-11-15(20)5-6-17(14)21-16/h5-6,11-12,21H,4,7-10,13H2,1-3H3. The molecule has 1 fully saturated rings. The van der Waals surface area contributed by atoms with Gasteiger partial charge in [0.05, 0.1) is 0 Å². The van der Waals surface area contributed by atoms with E-state index in [1.165, 1.54) is 6.07 Å². The molecule has 2 aromatic rings. The normalized spacial score (nSPS) is 16.9. The highest BCUT2D eigenvalue weighted by Gasteiger charge is 2.24. The van der Waals surface area contributed by atoms with Crippen molar-refractivity contribution in [2.75, 3.05) is 26.2 Å². The van der Waals surface area contributed by atoms with Gasteiger partial charge in [0.1, 0.15) is 11.4 Å². The molecule has 0 spiro atoms. The second kappa shape index (κ2) is 7.04. The van der Waals surface area contributed by atoms with Gasteiger partial charge in [-0.3, -0.25) is 4.90 Å². The molecule has 0 unspecified atom stereocenters. The molecule has 1 aromatic carbocycles. The average molecular weight is 347 g/mol. The van der Waals surface area contributed by atoms with Gasteiger partial charge in [-0.15, -0.1) is 0 Å². The molecule has 1 aliphatic heterocycles. The highest BCUT2D eigenvalue weighted by molar-refractivity contribution is 5.80. The molecule has 0 radical (unpaired) electrons. The molecule has 25 heavy (non-hydrogen) atoms. The lowest BCUT2D eigenvalue weighted by atomic mass is 10.2. The van der Waals surface area contributed by atoms with Crippen LogP contribution in [0.2, 0.25) is 0 Å². The molecule has 0 aliphatic carbocycles. The van der Waals surface area contributed by atoms with Crippen LogP contribution in [0.3, 0.4) is 0 Å². The molecule has 6 heteroatoms. The number of aromatic nitrogens is 1. The number of nitrogens with zero attached hydrogens (tertiary/aromatic N) is 2. The summed E-state index contributed by atoms with van der Waals surface area (Å²) >= 11 is 0. The van der Waals surface area contributed by atoms with E-state index in [4.69, 9.17) is 4.74 Å². The van der Waals surface area contributed by atoms with E-state index in [0.29, 0.717) is 13.1 Å². The van der Waals surface area contributed by atoms with Crippen LogP contribution in [0.25, 0.3) is 10.9 Å². The minimum Gasteiger partial charge on any atom is -0.444 e. The predicted molar refractivity (Wildman–Crippen MR) is 96.0 cm³/mol. The SMILES string of the molecule is CC(C)(C)OC(=O)N1CCCN(Cc2cc3cc(F)ccc3[nH]2)CC1. The maximum absolute atomic E-state index is 13.3. The number of carbonyl (C=O) groups excluding carboxylic acids is 1. The van der Waals surface area contributed by atoms with E-state index in [1.807, 2.05) is 26.8 Å². The van der Waals surface area contributed by atoms with E-state index in [1.54, 1.807) is 17.0 Å². The predicted octanol–water partition coefficient (Wildman–Crippen LogP) is 3.75. The Morgan fingerprint density at radius 3 is 2.76 bits per heavy atom. The maximum atomic E-state index is 13.3. The molecule has 0 atom stereocenters. The first-order chi connectivity index (χ1) is 11.8. The van der Waals surface area contributed by atoms with E-state index in [2.05, 4.69) is 9.88 Å². The van der Waals surface area contributed by atoms with Gasteiger partial charge >= 0.3 is 6.09 Å². The lowest BCUT2D eigenvalue weighted by molar-refractivity contribution is 0.0257. The second-order valence-corrected chi connectivity index (χ2v) is 7.62.